The Labute approximate surface area is 176 Å². The number of carbonyl (C=O) groups excluding carboxylic acids is 3. The molecule has 30 heavy (non-hydrogen) atoms. The first-order valence-corrected chi connectivity index (χ1v) is 10.6. The monoisotopic (exact) mass is 409 g/mol. The predicted octanol–water partition coefficient (Wildman–Crippen LogP) is 3.31. The second-order valence-corrected chi connectivity index (χ2v) is 8.06. The average Bonchev–Trinajstić information content (AvgIpc) is 3.49. The Morgan fingerprint density at radius 3 is 2.40 bits per heavy atom. The molecule has 0 aliphatic carbocycles. The molecule has 2 fully saturated rings. The van der Waals surface area contributed by atoms with Gasteiger partial charge in [0.05, 0.1) is 6.26 Å². The first kappa shape index (κ1) is 20.2. The highest BCUT2D eigenvalue weighted by atomic mass is 16.3. The fourth-order valence-electron chi connectivity index (χ4n) is 4.19. The molecule has 0 radical (unpaired) electrons. The summed E-state index contributed by atoms with van der Waals surface area (Å²) >= 11 is 0. The summed E-state index contributed by atoms with van der Waals surface area (Å²) < 4.78 is 5.13. The van der Waals surface area contributed by atoms with Crippen LogP contribution in [0.2, 0.25) is 0 Å². The van der Waals surface area contributed by atoms with Crippen LogP contribution in [0.25, 0.3) is 0 Å². The van der Waals surface area contributed by atoms with E-state index in [1.165, 1.54) is 6.26 Å². The number of furan rings is 1. The smallest absolute Gasteiger partial charge is 0.291 e. The van der Waals surface area contributed by atoms with Crippen molar-refractivity contribution in [3.05, 3.63) is 53.5 Å². The van der Waals surface area contributed by atoms with Crippen LogP contribution in [0.4, 0.5) is 5.69 Å². The summed E-state index contributed by atoms with van der Waals surface area (Å²) in [7, 11) is 0. The van der Waals surface area contributed by atoms with Crippen molar-refractivity contribution in [3.8, 4) is 0 Å². The predicted molar refractivity (Wildman–Crippen MR) is 112 cm³/mol. The number of nitrogens with zero attached hydrogens (tertiary/aromatic N) is 2. The normalized spacial score (nSPS) is 17.2. The number of hydrogen-bond donors (Lipinski definition) is 1. The first-order valence-electron chi connectivity index (χ1n) is 10.6. The highest BCUT2D eigenvalue weighted by Crippen LogP contribution is 2.25. The Balaban J connectivity index is 1.39. The van der Waals surface area contributed by atoms with E-state index in [1.54, 1.807) is 29.2 Å². The molecule has 3 heterocycles. The maximum atomic E-state index is 13.0. The first-order chi connectivity index (χ1) is 14.5. The Hall–Kier alpha value is -3.09. The highest BCUT2D eigenvalue weighted by molar-refractivity contribution is 6.04. The van der Waals surface area contributed by atoms with Crippen molar-refractivity contribution in [2.24, 2.45) is 5.92 Å². The van der Waals surface area contributed by atoms with Crippen LogP contribution in [0.3, 0.4) is 0 Å². The summed E-state index contributed by atoms with van der Waals surface area (Å²) in [5.41, 5.74) is 1.97. The van der Waals surface area contributed by atoms with Gasteiger partial charge in [-0.15, -0.1) is 0 Å². The minimum absolute atomic E-state index is 0.0216. The van der Waals surface area contributed by atoms with Crippen molar-refractivity contribution in [1.29, 1.82) is 0 Å². The van der Waals surface area contributed by atoms with Crippen LogP contribution in [0.5, 0.6) is 0 Å². The van der Waals surface area contributed by atoms with Gasteiger partial charge in [0.1, 0.15) is 0 Å². The molecule has 2 aliphatic rings. The number of nitrogens with one attached hydrogen (secondary N) is 1. The van der Waals surface area contributed by atoms with Crippen molar-refractivity contribution in [2.75, 3.05) is 31.5 Å². The molecular formula is C23H27N3O4. The lowest BCUT2D eigenvalue weighted by Crippen LogP contribution is -2.43. The number of likely N-dealkylation sites (tertiary alicyclic amines) is 2. The van der Waals surface area contributed by atoms with Crippen LogP contribution in [0.15, 0.2) is 41.0 Å². The van der Waals surface area contributed by atoms with Crippen LogP contribution >= 0.6 is 0 Å². The molecule has 7 nitrogen and oxygen atoms in total. The van der Waals surface area contributed by atoms with Crippen molar-refractivity contribution in [3.63, 3.8) is 0 Å². The maximum absolute atomic E-state index is 13.0. The van der Waals surface area contributed by atoms with E-state index in [1.807, 2.05) is 17.9 Å². The molecule has 0 unspecified atom stereocenters. The molecule has 0 spiro atoms. The topological polar surface area (TPSA) is 82.9 Å². The molecule has 0 atom stereocenters. The summed E-state index contributed by atoms with van der Waals surface area (Å²) in [5, 5.41) is 2.81. The van der Waals surface area contributed by atoms with Crippen LogP contribution < -0.4 is 5.32 Å². The van der Waals surface area contributed by atoms with Crippen molar-refractivity contribution >= 4 is 23.4 Å². The highest BCUT2D eigenvalue weighted by Gasteiger charge is 2.31. The second kappa shape index (κ2) is 8.73. The molecule has 1 aromatic heterocycles. The standard InChI is InChI=1S/C23H27N3O4/c1-16-6-7-18(15-19(16)24-21(27)20-5-4-14-30-20)23(29)26-12-8-17(9-13-26)22(28)25-10-2-3-11-25/h4-7,14-15,17H,2-3,8-13H2,1H3,(H,24,27). The lowest BCUT2D eigenvalue weighted by molar-refractivity contribution is -0.135. The molecule has 0 saturated carbocycles. The van der Waals surface area contributed by atoms with Crippen molar-refractivity contribution in [1.82, 2.24) is 9.80 Å². The van der Waals surface area contributed by atoms with Crippen LogP contribution in [0, 0.1) is 12.8 Å². The van der Waals surface area contributed by atoms with Gasteiger partial charge in [0, 0.05) is 43.3 Å². The van der Waals surface area contributed by atoms with E-state index in [0.717, 1.165) is 31.5 Å². The third-order valence-electron chi connectivity index (χ3n) is 6.03. The van der Waals surface area contributed by atoms with Gasteiger partial charge in [-0.3, -0.25) is 14.4 Å². The number of hydrogen-bond acceptors (Lipinski definition) is 4. The van der Waals surface area contributed by atoms with Gasteiger partial charge in [-0.1, -0.05) is 6.07 Å². The van der Waals surface area contributed by atoms with Gasteiger partial charge in [0.25, 0.3) is 11.8 Å². The zero-order valence-electron chi connectivity index (χ0n) is 17.2. The van der Waals surface area contributed by atoms with Gasteiger partial charge in [-0.2, -0.15) is 0 Å². The number of anilines is 1. The zero-order valence-corrected chi connectivity index (χ0v) is 17.2. The molecule has 0 bridgehead atoms. The number of aryl methyl sites for hydroxylation is 1. The fourth-order valence-corrected chi connectivity index (χ4v) is 4.19. The van der Waals surface area contributed by atoms with Crippen LogP contribution in [-0.2, 0) is 4.79 Å². The molecule has 1 aromatic carbocycles. The maximum Gasteiger partial charge on any atom is 0.291 e. The summed E-state index contributed by atoms with van der Waals surface area (Å²) in [5.74, 6) is 0.0616. The van der Waals surface area contributed by atoms with Gasteiger partial charge >= 0.3 is 0 Å². The van der Waals surface area contributed by atoms with Gasteiger partial charge in [0.15, 0.2) is 5.76 Å². The quantitative estimate of drug-likeness (QED) is 0.840. The Morgan fingerprint density at radius 2 is 1.73 bits per heavy atom. The fraction of sp³-hybridized carbons (Fsp3) is 0.435. The van der Waals surface area contributed by atoms with Gasteiger partial charge in [-0.25, -0.2) is 0 Å². The van der Waals surface area contributed by atoms with Gasteiger partial charge in [-0.05, 0) is 62.4 Å². The Morgan fingerprint density at radius 1 is 1.00 bits per heavy atom. The van der Waals surface area contributed by atoms with E-state index in [9.17, 15) is 14.4 Å². The van der Waals surface area contributed by atoms with Crippen LogP contribution in [-0.4, -0.2) is 53.7 Å². The van der Waals surface area contributed by atoms with E-state index >= 15 is 0 Å². The lowest BCUT2D eigenvalue weighted by Gasteiger charge is -2.33. The molecule has 1 N–H and O–H groups in total. The molecule has 158 valence electrons. The molecule has 4 rings (SSSR count). The van der Waals surface area contributed by atoms with Crippen molar-refractivity contribution in [2.45, 2.75) is 32.6 Å². The van der Waals surface area contributed by atoms with E-state index < -0.39 is 0 Å². The molecule has 3 amide bonds. The Bertz CT molecular complexity index is 924. The zero-order chi connectivity index (χ0) is 21.1. The van der Waals surface area contributed by atoms with Crippen LogP contribution in [0.1, 0.15) is 52.2 Å². The lowest BCUT2D eigenvalue weighted by atomic mass is 9.94. The van der Waals surface area contributed by atoms with Crippen molar-refractivity contribution < 1.29 is 18.8 Å². The third kappa shape index (κ3) is 4.25. The molecule has 2 aliphatic heterocycles. The molecule has 7 heteroatoms. The Kier molecular flexibility index (Phi) is 5.88. The van der Waals surface area contributed by atoms with Gasteiger partial charge < -0.3 is 19.5 Å². The number of carbonyl (C=O) groups is 3. The van der Waals surface area contributed by atoms with E-state index in [0.29, 0.717) is 37.2 Å². The van der Waals surface area contributed by atoms with E-state index in [-0.39, 0.29) is 29.4 Å². The SMILES string of the molecule is Cc1ccc(C(=O)N2CCC(C(=O)N3CCCC3)CC2)cc1NC(=O)c1ccco1. The number of amides is 3. The summed E-state index contributed by atoms with van der Waals surface area (Å²) in [6.45, 7) is 4.76. The average molecular weight is 409 g/mol. The third-order valence-corrected chi connectivity index (χ3v) is 6.03. The number of rotatable bonds is 4. The van der Waals surface area contributed by atoms with E-state index in [4.69, 9.17) is 4.42 Å². The minimum Gasteiger partial charge on any atom is -0.459 e. The summed E-state index contributed by atoms with van der Waals surface area (Å²) in [4.78, 5) is 41.7. The number of benzene rings is 1. The molecule has 2 saturated heterocycles. The molecule has 2 aromatic rings. The second-order valence-electron chi connectivity index (χ2n) is 8.06. The number of piperidine rings is 1. The summed E-state index contributed by atoms with van der Waals surface area (Å²) in [6, 6.07) is 8.56. The van der Waals surface area contributed by atoms with E-state index in [2.05, 4.69) is 5.32 Å². The largest absolute Gasteiger partial charge is 0.459 e. The summed E-state index contributed by atoms with van der Waals surface area (Å²) in [6.07, 6.45) is 5.04. The molecular weight excluding hydrogens is 382 g/mol. The van der Waals surface area contributed by atoms with Gasteiger partial charge in [0.2, 0.25) is 5.91 Å². The minimum atomic E-state index is -0.353.